The number of benzene rings is 1. The van der Waals surface area contributed by atoms with Crippen molar-refractivity contribution in [2.45, 2.75) is 32.3 Å². The predicted octanol–water partition coefficient (Wildman–Crippen LogP) is 2.86. The van der Waals surface area contributed by atoms with Crippen LogP contribution in [-0.2, 0) is 12.3 Å². The van der Waals surface area contributed by atoms with Gasteiger partial charge in [0, 0.05) is 0 Å². The highest BCUT2D eigenvalue weighted by Crippen LogP contribution is 2.34. The largest absolute Gasteiger partial charge is 0.387 e. The van der Waals surface area contributed by atoms with Gasteiger partial charge in [-0.3, -0.25) is 0 Å². The van der Waals surface area contributed by atoms with E-state index in [2.05, 4.69) is 0 Å². The Bertz CT molecular complexity index is 348. The molecule has 1 nitrogen and oxygen atoms in total. The minimum atomic E-state index is -3.55. The second-order valence-corrected chi connectivity index (χ2v) is 3.43. The van der Waals surface area contributed by atoms with Gasteiger partial charge in [-0.25, -0.2) is 4.39 Å². The molecule has 1 aromatic rings. The molecule has 0 spiro atoms. The van der Waals surface area contributed by atoms with Crippen molar-refractivity contribution in [3.8, 4) is 0 Å². The summed E-state index contributed by atoms with van der Waals surface area (Å²) in [7, 11) is 0. The summed E-state index contributed by atoms with van der Waals surface area (Å²) >= 11 is 0. The quantitative estimate of drug-likeness (QED) is 0.827. The van der Waals surface area contributed by atoms with Gasteiger partial charge >= 0.3 is 5.92 Å². The smallest absolute Gasteiger partial charge is 0.301 e. The van der Waals surface area contributed by atoms with E-state index in [9.17, 15) is 13.2 Å². The Kier molecular flexibility index (Phi) is 3.39. The lowest BCUT2D eigenvalue weighted by Crippen LogP contribution is -2.29. The Morgan fingerprint density at radius 1 is 1.40 bits per heavy atom. The van der Waals surface area contributed by atoms with E-state index in [1.807, 2.05) is 0 Å². The second kappa shape index (κ2) is 4.23. The van der Waals surface area contributed by atoms with Gasteiger partial charge in [0.15, 0.2) is 0 Å². The van der Waals surface area contributed by atoms with Crippen LogP contribution in [0.1, 0.15) is 25.0 Å². The zero-order valence-electron chi connectivity index (χ0n) is 8.60. The molecule has 1 N–H and O–H groups in total. The maximum atomic E-state index is 13.5. The molecule has 15 heavy (non-hydrogen) atoms. The van der Waals surface area contributed by atoms with E-state index in [1.54, 1.807) is 6.92 Å². The van der Waals surface area contributed by atoms with Crippen LogP contribution in [0.15, 0.2) is 18.2 Å². The number of hydrogen-bond acceptors (Lipinski definition) is 1. The number of aryl methyl sites for hydroxylation is 1. The van der Waals surface area contributed by atoms with E-state index < -0.39 is 23.4 Å². The van der Waals surface area contributed by atoms with Crippen LogP contribution in [0.2, 0.25) is 0 Å². The summed E-state index contributed by atoms with van der Waals surface area (Å²) < 4.78 is 40.3. The van der Waals surface area contributed by atoms with Crippen LogP contribution in [-0.4, -0.2) is 11.2 Å². The van der Waals surface area contributed by atoms with Crippen LogP contribution in [0.5, 0.6) is 0 Å². The van der Waals surface area contributed by atoms with Crippen LogP contribution in [0.4, 0.5) is 13.2 Å². The minimum absolute atomic E-state index is 0.229. The number of rotatable bonds is 3. The molecular weight excluding hydrogens is 205 g/mol. The Morgan fingerprint density at radius 3 is 2.47 bits per heavy atom. The zero-order valence-corrected chi connectivity index (χ0v) is 8.60. The van der Waals surface area contributed by atoms with Gasteiger partial charge in [0.05, 0.1) is 5.56 Å². The van der Waals surface area contributed by atoms with Gasteiger partial charge < -0.3 is 5.11 Å². The molecular formula is C11H13F3O. The first-order chi connectivity index (χ1) is 6.91. The highest BCUT2D eigenvalue weighted by Gasteiger charge is 2.40. The van der Waals surface area contributed by atoms with E-state index in [0.717, 1.165) is 13.0 Å². The zero-order chi connectivity index (χ0) is 11.6. The fraction of sp³-hybridized carbons (Fsp3) is 0.455. The van der Waals surface area contributed by atoms with Gasteiger partial charge in [0.2, 0.25) is 0 Å². The molecule has 0 saturated carbocycles. The SMILES string of the molecule is CCc1cccc(C(F)(F)[C@H](C)O)c1F. The molecule has 0 unspecified atom stereocenters. The number of hydrogen-bond donors (Lipinski definition) is 1. The molecule has 0 saturated heterocycles. The number of halogens is 3. The average Bonchev–Trinajstić information content (AvgIpc) is 2.17. The van der Waals surface area contributed by atoms with Crippen molar-refractivity contribution in [3.63, 3.8) is 0 Å². The Hall–Kier alpha value is -1.03. The van der Waals surface area contributed by atoms with Gasteiger partial charge in [-0.05, 0) is 25.0 Å². The minimum Gasteiger partial charge on any atom is -0.387 e. The molecule has 0 aromatic heterocycles. The van der Waals surface area contributed by atoms with Gasteiger partial charge in [0.25, 0.3) is 0 Å². The Labute approximate surface area is 86.5 Å². The average molecular weight is 218 g/mol. The predicted molar refractivity (Wildman–Crippen MR) is 51.4 cm³/mol. The highest BCUT2D eigenvalue weighted by molar-refractivity contribution is 5.29. The third-order valence-electron chi connectivity index (χ3n) is 2.34. The van der Waals surface area contributed by atoms with Gasteiger partial charge in [0.1, 0.15) is 11.9 Å². The monoisotopic (exact) mass is 218 g/mol. The summed E-state index contributed by atoms with van der Waals surface area (Å²) in [6.07, 6.45) is -1.56. The summed E-state index contributed by atoms with van der Waals surface area (Å²) in [5.41, 5.74) is -0.510. The molecule has 84 valence electrons. The summed E-state index contributed by atoms with van der Waals surface area (Å²) in [5, 5.41) is 8.90. The van der Waals surface area contributed by atoms with Crippen LogP contribution in [0.3, 0.4) is 0 Å². The number of aliphatic hydroxyl groups excluding tert-OH is 1. The van der Waals surface area contributed by atoms with Crippen molar-refractivity contribution in [2.75, 3.05) is 0 Å². The van der Waals surface area contributed by atoms with Crippen LogP contribution < -0.4 is 0 Å². The topological polar surface area (TPSA) is 20.2 Å². The fourth-order valence-corrected chi connectivity index (χ4v) is 1.34. The van der Waals surface area contributed by atoms with Gasteiger partial charge in [-0.15, -0.1) is 0 Å². The van der Waals surface area contributed by atoms with Crippen LogP contribution >= 0.6 is 0 Å². The highest BCUT2D eigenvalue weighted by atomic mass is 19.3. The molecule has 0 heterocycles. The normalized spacial score (nSPS) is 14.0. The van der Waals surface area contributed by atoms with E-state index in [1.165, 1.54) is 12.1 Å². The van der Waals surface area contributed by atoms with Crippen LogP contribution in [0.25, 0.3) is 0 Å². The lowest BCUT2D eigenvalue weighted by Gasteiger charge is -2.21. The van der Waals surface area contributed by atoms with Crippen LogP contribution in [0, 0.1) is 5.82 Å². The molecule has 0 radical (unpaired) electrons. The van der Waals surface area contributed by atoms with Gasteiger partial charge in [-0.1, -0.05) is 19.1 Å². The Morgan fingerprint density at radius 2 is 2.00 bits per heavy atom. The van der Waals surface area contributed by atoms with Crippen molar-refractivity contribution in [3.05, 3.63) is 35.1 Å². The van der Waals surface area contributed by atoms with Crippen molar-refractivity contribution >= 4 is 0 Å². The van der Waals surface area contributed by atoms with E-state index in [0.29, 0.717) is 6.42 Å². The molecule has 0 fully saturated rings. The molecule has 1 atom stereocenters. The third-order valence-corrected chi connectivity index (χ3v) is 2.34. The van der Waals surface area contributed by atoms with E-state index in [-0.39, 0.29) is 5.56 Å². The number of alkyl halides is 2. The summed E-state index contributed by atoms with van der Waals surface area (Å²) in [6, 6.07) is 3.83. The maximum absolute atomic E-state index is 13.5. The first-order valence-corrected chi connectivity index (χ1v) is 4.75. The lowest BCUT2D eigenvalue weighted by atomic mass is 10.00. The molecule has 0 bridgehead atoms. The van der Waals surface area contributed by atoms with Gasteiger partial charge in [-0.2, -0.15) is 8.78 Å². The molecule has 4 heteroatoms. The summed E-state index contributed by atoms with van der Waals surface area (Å²) in [4.78, 5) is 0. The third kappa shape index (κ3) is 2.15. The van der Waals surface area contributed by atoms with E-state index >= 15 is 0 Å². The molecule has 1 rings (SSSR count). The van der Waals surface area contributed by atoms with Crippen molar-refractivity contribution in [1.82, 2.24) is 0 Å². The summed E-state index contributed by atoms with van der Waals surface area (Å²) in [5.74, 6) is -4.47. The lowest BCUT2D eigenvalue weighted by molar-refractivity contribution is -0.108. The summed E-state index contributed by atoms with van der Waals surface area (Å²) in [6.45, 7) is 2.63. The van der Waals surface area contributed by atoms with Crippen molar-refractivity contribution in [2.24, 2.45) is 0 Å². The molecule has 0 aliphatic heterocycles. The fourth-order valence-electron chi connectivity index (χ4n) is 1.34. The van der Waals surface area contributed by atoms with Crippen molar-refractivity contribution in [1.29, 1.82) is 0 Å². The maximum Gasteiger partial charge on any atom is 0.301 e. The number of aliphatic hydroxyl groups is 1. The second-order valence-electron chi connectivity index (χ2n) is 3.43. The Balaban J connectivity index is 3.26. The molecule has 1 aromatic carbocycles. The van der Waals surface area contributed by atoms with Crippen molar-refractivity contribution < 1.29 is 18.3 Å². The molecule has 0 aliphatic rings. The van der Waals surface area contributed by atoms with E-state index in [4.69, 9.17) is 5.11 Å². The first-order valence-electron chi connectivity index (χ1n) is 4.75. The standard InChI is InChI=1S/C11H13F3O/c1-3-8-5-4-6-9(10(8)12)11(13,14)7(2)15/h4-7,15H,3H2,1-2H3/t7-/m0/s1. The first kappa shape index (κ1) is 12.0. The molecule has 0 amide bonds. The molecule has 0 aliphatic carbocycles.